The van der Waals surface area contributed by atoms with E-state index in [1.165, 1.54) is 0 Å². The number of urea groups is 1. The molecule has 0 saturated carbocycles. The van der Waals surface area contributed by atoms with Crippen molar-refractivity contribution in [3.8, 4) is 0 Å². The Labute approximate surface area is 166 Å². The first-order valence-electron chi connectivity index (χ1n) is 8.59. The van der Waals surface area contributed by atoms with Crippen LogP contribution in [0.15, 0.2) is 28.7 Å². The maximum absolute atomic E-state index is 12.1. The summed E-state index contributed by atoms with van der Waals surface area (Å²) in [5.41, 5.74) is 6.08. The van der Waals surface area contributed by atoms with E-state index in [4.69, 9.17) is 16.0 Å². The fourth-order valence-corrected chi connectivity index (χ4v) is 3.18. The van der Waals surface area contributed by atoms with Gasteiger partial charge in [0.1, 0.15) is 11.5 Å². The van der Waals surface area contributed by atoms with Gasteiger partial charge in [-0.1, -0.05) is 11.6 Å². The molecule has 0 bridgehead atoms. The second-order valence-corrected chi connectivity index (χ2v) is 6.71. The summed E-state index contributed by atoms with van der Waals surface area (Å²) in [6, 6.07) is 5.93. The molecule has 4 N–H and O–H groups in total. The van der Waals surface area contributed by atoms with Gasteiger partial charge in [0.2, 0.25) is 5.91 Å². The van der Waals surface area contributed by atoms with Crippen LogP contribution in [-0.4, -0.2) is 37.5 Å². The molecule has 0 radical (unpaired) electrons. The highest BCUT2D eigenvalue weighted by Gasteiger charge is 2.19. The highest BCUT2D eigenvalue weighted by atomic mass is 35.5. The Morgan fingerprint density at radius 1 is 1.21 bits per heavy atom. The number of nitrogens with zero attached hydrogens (tertiary/aromatic N) is 1. The molecule has 0 atom stereocenters. The Morgan fingerprint density at radius 2 is 2.00 bits per heavy atom. The molecular weight excluding hydrogens is 386 g/mol. The maximum atomic E-state index is 12.1. The quantitative estimate of drug-likeness (QED) is 0.582. The molecule has 1 aliphatic heterocycles. The molecule has 0 spiro atoms. The highest BCUT2D eigenvalue weighted by Crippen LogP contribution is 2.29. The predicted octanol–water partition coefficient (Wildman–Crippen LogP) is 1.95. The van der Waals surface area contributed by atoms with E-state index < -0.39 is 11.9 Å². The highest BCUT2D eigenvalue weighted by molar-refractivity contribution is 6.33. The molecule has 10 heteroatoms. The van der Waals surface area contributed by atoms with Crippen molar-refractivity contribution in [1.29, 1.82) is 0 Å². The molecule has 4 amide bonds. The summed E-state index contributed by atoms with van der Waals surface area (Å²) >= 11 is 6.30. The fraction of sp³-hybridized carbons (Fsp3) is 0.278. The minimum absolute atomic E-state index is 0.0670. The van der Waals surface area contributed by atoms with E-state index >= 15 is 0 Å². The molecule has 1 saturated heterocycles. The van der Waals surface area contributed by atoms with Crippen molar-refractivity contribution in [3.05, 3.63) is 46.4 Å². The van der Waals surface area contributed by atoms with Crippen molar-refractivity contribution in [2.24, 2.45) is 0 Å². The van der Waals surface area contributed by atoms with Gasteiger partial charge in [-0.25, -0.2) is 10.2 Å². The first-order valence-corrected chi connectivity index (χ1v) is 8.97. The second-order valence-electron chi connectivity index (χ2n) is 6.30. The zero-order chi connectivity index (χ0) is 20.3. The smallest absolute Gasteiger partial charge is 0.337 e. The molecule has 3 rings (SSSR count). The SMILES string of the molecule is Cc1cc(C(=O)NNC(=O)Nc2ccc(N3CCNC(=O)C3)c(Cl)c2)c(C)o1. The summed E-state index contributed by atoms with van der Waals surface area (Å²) in [7, 11) is 0. The number of hydrazine groups is 1. The summed E-state index contributed by atoms with van der Waals surface area (Å²) in [5.74, 6) is 0.517. The van der Waals surface area contributed by atoms with Gasteiger partial charge in [-0.3, -0.25) is 15.0 Å². The largest absolute Gasteiger partial charge is 0.466 e. The van der Waals surface area contributed by atoms with E-state index in [-0.39, 0.29) is 12.5 Å². The number of carbonyl (C=O) groups excluding carboxylic acids is 3. The van der Waals surface area contributed by atoms with Gasteiger partial charge in [0.25, 0.3) is 5.91 Å². The number of benzene rings is 1. The van der Waals surface area contributed by atoms with Gasteiger partial charge < -0.3 is 20.0 Å². The first-order chi connectivity index (χ1) is 13.3. The third-order valence-electron chi connectivity index (χ3n) is 4.16. The Bertz CT molecular complexity index is 927. The van der Waals surface area contributed by atoms with E-state index in [9.17, 15) is 14.4 Å². The lowest BCUT2D eigenvalue weighted by Crippen LogP contribution is -2.47. The van der Waals surface area contributed by atoms with Crippen molar-refractivity contribution in [3.63, 3.8) is 0 Å². The van der Waals surface area contributed by atoms with Crippen LogP contribution in [0.1, 0.15) is 21.9 Å². The van der Waals surface area contributed by atoms with E-state index in [2.05, 4.69) is 21.5 Å². The summed E-state index contributed by atoms with van der Waals surface area (Å²) in [6.45, 7) is 4.82. The van der Waals surface area contributed by atoms with Crippen molar-refractivity contribution in [2.45, 2.75) is 13.8 Å². The zero-order valence-corrected chi connectivity index (χ0v) is 16.1. The molecular formula is C18H20ClN5O4. The van der Waals surface area contributed by atoms with E-state index in [1.807, 2.05) is 4.90 Å². The first kappa shape index (κ1) is 19.6. The summed E-state index contributed by atoms with van der Waals surface area (Å²) in [5, 5.41) is 5.73. The van der Waals surface area contributed by atoms with Crippen LogP contribution in [0.25, 0.3) is 0 Å². The van der Waals surface area contributed by atoms with Gasteiger partial charge in [-0.15, -0.1) is 0 Å². The number of nitrogens with one attached hydrogen (secondary N) is 4. The van der Waals surface area contributed by atoms with Gasteiger partial charge in [0.05, 0.1) is 22.8 Å². The molecule has 0 aliphatic carbocycles. The molecule has 9 nitrogen and oxygen atoms in total. The number of carbonyl (C=O) groups is 3. The molecule has 2 aromatic rings. The van der Waals surface area contributed by atoms with Gasteiger partial charge in [-0.05, 0) is 38.1 Å². The lowest BCUT2D eigenvalue weighted by Gasteiger charge is -2.29. The van der Waals surface area contributed by atoms with Crippen LogP contribution in [0.3, 0.4) is 0 Å². The third-order valence-corrected chi connectivity index (χ3v) is 4.46. The lowest BCUT2D eigenvalue weighted by molar-refractivity contribution is -0.120. The normalized spacial score (nSPS) is 13.7. The van der Waals surface area contributed by atoms with E-state index in [0.717, 1.165) is 0 Å². The zero-order valence-electron chi connectivity index (χ0n) is 15.4. The van der Waals surface area contributed by atoms with Gasteiger partial charge in [0.15, 0.2) is 0 Å². The van der Waals surface area contributed by atoms with Gasteiger partial charge in [-0.2, -0.15) is 0 Å². The number of aryl methyl sites for hydroxylation is 2. The monoisotopic (exact) mass is 405 g/mol. The van der Waals surface area contributed by atoms with Crippen LogP contribution in [0.5, 0.6) is 0 Å². The van der Waals surface area contributed by atoms with Crippen LogP contribution < -0.4 is 26.4 Å². The Balaban J connectivity index is 1.56. The van der Waals surface area contributed by atoms with Crippen LogP contribution in [0, 0.1) is 13.8 Å². The fourth-order valence-electron chi connectivity index (χ4n) is 2.88. The molecule has 1 aliphatic rings. The van der Waals surface area contributed by atoms with Crippen LogP contribution in [-0.2, 0) is 4.79 Å². The third kappa shape index (κ3) is 4.55. The number of rotatable bonds is 3. The summed E-state index contributed by atoms with van der Waals surface area (Å²) < 4.78 is 5.29. The molecule has 2 heterocycles. The number of amides is 4. The van der Waals surface area contributed by atoms with Crippen molar-refractivity contribution >= 4 is 40.8 Å². The predicted molar refractivity (Wildman–Crippen MR) is 104 cm³/mol. The Morgan fingerprint density at radius 3 is 2.64 bits per heavy atom. The van der Waals surface area contributed by atoms with E-state index in [1.54, 1.807) is 38.1 Å². The number of halogens is 1. The minimum atomic E-state index is -0.632. The number of hydrogen-bond donors (Lipinski definition) is 4. The number of furan rings is 1. The molecule has 0 unspecified atom stereocenters. The average molecular weight is 406 g/mol. The number of piperazine rings is 1. The summed E-state index contributed by atoms with van der Waals surface area (Å²) in [4.78, 5) is 37.5. The molecule has 28 heavy (non-hydrogen) atoms. The number of anilines is 2. The Hall–Kier alpha value is -3.20. The van der Waals surface area contributed by atoms with Gasteiger partial charge in [0, 0.05) is 18.8 Å². The standard InChI is InChI=1S/C18H20ClN5O4/c1-10-7-13(11(2)28-10)17(26)22-23-18(27)21-12-3-4-15(14(19)8-12)24-6-5-20-16(25)9-24/h3-4,7-8H,5-6,9H2,1-2H3,(H,20,25)(H,22,26)(H2,21,23,27). The maximum Gasteiger partial charge on any atom is 0.337 e. The molecule has 1 aromatic carbocycles. The molecule has 148 valence electrons. The van der Waals surface area contributed by atoms with E-state index in [0.29, 0.717) is 46.6 Å². The molecule has 1 fully saturated rings. The molecule has 1 aromatic heterocycles. The second kappa shape index (κ2) is 8.22. The van der Waals surface area contributed by atoms with Crippen LogP contribution >= 0.6 is 11.6 Å². The van der Waals surface area contributed by atoms with Crippen LogP contribution in [0.2, 0.25) is 5.02 Å². The van der Waals surface area contributed by atoms with Crippen molar-refractivity contribution in [1.82, 2.24) is 16.2 Å². The summed E-state index contributed by atoms with van der Waals surface area (Å²) in [6.07, 6.45) is 0. The lowest BCUT2D eigenvalue weighted by atomic mass is 10.2. The van der Waals surface area contributed by atoms with Gasteiger partial charge >= 0.3 is 6.03 Å². The van der Waals surface area contributed by atoms with Crippen molar-refractivity contribution in [2.75, 3.05) is 29.9 Å². The number of hydrogen-bond acceptors (Lipinski definition) is 5. The van der Waals surface area contributed by atoms with Crippen LogP contribution in [0.4, 0.5) is 16.2 Å². The van der Waals surface area contributed by atoms with Crippen molar-refractivity contribution < 1.29 is 18.8 Å². The average Bonchev–Trinajstić information content (AvgIpc) is 2.98. The topological polar surface area (TPSA) is 116 Å². The minimum Gasteiger partial charge on any atom is -0.466 e. The Kier molecular flexibility index (Phi) is 5.74.